The molecule has 0 spiro atoms. The second-order valence-corrected chi connectivity index (χ2v) is 7.53. The average molecular weight is 353 g/mol. The van der Waals surface area contributed by atoms with Crippen LogP contribution < -0.4 is 4.74 Å². The molecule has 5 heteroatoms. The summed E-state index contributed by atoms with van der Waals surface area (Å²) in [6.45, 7) is 3.80. The Morgan fingerprint density at radius 2 is 2.00 bits per heavy atom. The molecule has 1 aromatic heterocycles. The normalized spacial score (nSPS) is 19.8. The number of hydrogen-bond acceptors (Lipinski definition) is 3. The summed E-state index contributed by atoms with van der Waals surface area (Å²) in [6.07, 6.45) is 6.88. The maximum atomic E-state index is 12.6. The van der Waals surface area contributed by atoms with Crippen LogP contribution in [0.3, 0.4) is 0 Å². The summed E-state index contributed by atoms with van der Waals surface area (Å²) in [5.74, 6) is 2.99. The van der Waals surface area contributed by atoms with Crippen LogP contribution in [0.1, 0.15) is 54.7 Å². The predicted molar refractivity (Wildman–Crippen MR) is 100 cm³/mol. The van der Waals surface area contributed by atoms with Crippen LogP contribution in [0.4, 0.5) is 0 Å². The fourth-order valence-electron chi connectivity index (χ4n) is 3.96. The molecule has 26 heavy (non-hydrogen) atoms. The fraction of sp³-hybridized carbons (Fsp3) is 0.524. The van der Waals surface area contributed by atoms with Crippen molar-refractivity contribution >= 4 is 5.91 Å². The van der Waals surface area contributed by atoms with Gasteiger partial charge in [-0.1, -0.05) is 12.1 Å². The smallest absolute Gasteiger partial charge is 0.222 e. The number of carbonyl (C=O) groups is 1. The quantitative estimate of drug-likeness (QED) is 0.799. The molecule has 0 bridgehead atoms. The molecule has 2 aliphatic rings. The monoisotopic (exact) mass is 353 g/mol. The molecule has 1 unspecified atom stereocenters. The number of benzene rings is 1. The van der Waals surface area contributed by atoms with Gasteiger partial charge >= 0.3 is 0 Å². The molecular weight excluding hydrogens is 326 g/mol. The van der Waals surface area contributed by atoms with Gasteiger partial charge in [-0.15, -0.1) is 0 Å². The number of methoxy groups -OCH3 is 1. The lowest BCUT2D eigenvalue weighted by Gasteiger charge is -2.19. The van der Waals surface area contributed by atoms with Crippen molar-refractivity contribution in [1.82, 2.24) is 14.5 Å². The van der Waals surface area contributed by atoms with E-state index in [9.17, 15) is 4.79 Å². The summed E-state index contributed by atoms with van der Waals surface area (Å²) < 4.78 is 7.58. The van der Waals surface area contributed by atoms with Gasteiger partial charge in [0, 0.05) is 37.3 Å². The third-order valence-corrected chi connectivity index (χ3v) is 5.62. The highest BCUT2D eigenvalue weighted by Gasteiger charge is 2.34. The minimum atomic E-state index is 0.258. The van der Waals surface area contributed by atoms with Gasteiger partial charge in [-0.05, 0) is 50.3 Å². The number of amides is 1. The summed E-state index contributed by atoms with van der Waals surface area (Å²) in [6, 6.07) is 8.36. The minimum Gasteiger partial charge on any atom is -0.497 e. The Morgan fingerprint density at radius 3 is 2.69 bits per heavy atom. The molecule has 1 aliphatic heterocycles. The van der Waals surface area contributed by atoms with Crippen molar-refractivity contribution < 1.29 is 9.53 Å². The second kappa shape index (κ2) is 7.14. The van der Waals surface area contributed by atoms with E-state index in [4.69, 9.17) is 4.74 Å². The zero-order valence-electron chi connectivity index (χ0n) is 15.6. The van der Waals surface area contributed by atoms with Crippen molar-refractivity contribution in [1.29, 1.82) is 0 Å². The van der Waals surface area contributed by atoms with E-state index in [1.54, 1.807) is 7.11 Å². The highest BCUT2D eigenvalue weighted by molar-refractivity contribution is 5.76. The summed E-state index contributed by atoms with van der Waals surface area (Å²) >= 11 is 0. The number of carbonyl (C=O) groups excluding carboxylic acids is 1. The number of ether oxygens (including phenoxy) is 1. The van der Waals surface area contributed by atoms with Gasteiger partial charge in [-0.3, -0.25) is 4.79 Å². The molecule has 138 valence electrons. The van der Waals surface area contributed by atoms with Crippen molar-refractivity contribution in [2.45, 2.75) is 51.0 Å². The number of imidazole rings is 1. The lowest BCUT2D eigenvalue weighted by atomic mass is 10.1. The van der Waals surface area contributed by atoms with Crippen LogP contribution in [0.5, 0.6) is 5.75 Å². The lowest BCUT2D eigenvalue weighted by Crippen LogP contribution is -2.29. The van der Waals surface area contributed by atoms with E-state index in [1.165, 1.54) is 29.9 Å². The third-order valence-electron chi connectivity index (χ3n) is 5.62. The van der Waals surface area contributed by atoms with E-state index < -0.39 is 0 Å². The van der Waals surface area contributed by atoms with Gasteiger partial charge in [-0.25, -0.2) is 4.98 Å². The van der Waals surface area contributed by atoms with Crippen LogP contribution in [0.2, 0.25) is 0 Å². The van der Waals surface area contributed by atoms with Gasteiger partial charge in [-0.2, -0.15) is 0 Å². The topological polar surface area (TPSA) is 47.4 Å². The van der Waals surface area contributed by atoms with E-state index in [-0.39, 0.29) is 5.91 Å². The minimum absolute atomic E-state index is 0.258. The first kappa shape index (κ1) is 17.1. The van der Waals surface area contributed by atoms with Crippen LogP contribution in [0, 0.1) is 6.92 Å². The maximum Gasteiger partial charge on any atom is 0.222 e. The fourth-order valence-corrected chi connectivity index (χ4v) is 3.96. The number of nitrogens with zero attached hydrogens (tertiary/aromatic N) is 3. The van der Waals surface area contributed by atoms with E-state index in [0.29, 0.717) is 18.4 Å². The molecule has 0 radical (unpaired) electrons. The number of aryl methyl sites for hydroxylation is 2. The predicted octanol–water partition coefficient (Wildman–Crippen LogP) is 3.48. The molecule has 1 amide bonds. The molecule has 1 saturated carbocycles. The van der Waals surface area contributed by atoms with E-state index in [2.05, 4.69) is 16.5 Å². The molecule has 1 atom stereocenters. The average Bonchev–Trinajstić information content (AvgIpc) is 3.26. The number of hydrogen-bond donors (Lipinski definition) is 0. The SMILES string of the molecule is COc1ccc(CCC(=O)N2CCC(n3c(C)cnc3C3CC3)C2)cc1. The van der Waals surface area contributed by atoms with Crippen LogP contribution in [-0.2, 0) is 11.2 Å². The zero-order chi connectivity index (χ0) is 18.1. The molecule has 1 saturated heterocycles. The van der Waals surface area contributed by atoms with Gasteiger partial charge in [0.25, 0.3) is 0 Å². The van der Waals surface area contributed by atoms with Crippen molar-refractivity contribution in [3.8, 4) is 5.75 Å². The molecular formula is C21H27N3O2. The Kier molecular flexibility index (Phi) is 4.70. The van der Waals surface area contributed by atoms with Crippen molar-refractivity contribution in [2.24, 2.45) is 0 Å². The Bertz CT molecular complexity index is 777. The number of aromatic nitrogens is 2. The highest BCUT2D eigenvalue weighted by atomic mass is 16.5. The summed E-state index contributed by atoms with van der Waals surface area (Å²) in [5.41, 5.74) is 2.40. The standard InChI is InChI=1S/C21H27N3O2/c1-15-13-22-21(17-6-7-17)24(15)18-11-12-23(14-18)20(25)10-5-16-3-8-19(26-2)9-4-16/h3-4,8-9,13,17-18H,5-7,10-12,14H2,1-2H3. The summed E-state index contributed by atoms with van der Waals surface area (Å²) in [4.78, 5) is 19.3. The summed E-state index contributed by atoms with van der Waals surface area (Å²) in [7, 11) is 1.67. The van der Waals surface area contributed by atoms with Gasteiger partial charge in [0.1, 0.15) is 11.6 Å². The maximum absolute atomic E-state index is 12.6. The Hall–Kier alpha value is -2.30. The molecule has 4 rings (SSSR count). The van der Waals surface area contributed by atoms with Crippen LogP contribution in [0.25, 0.3) is 0 Å². The third kappa shape index (κ3) is 3.48. The molecule has 5 nitrogen and oxygen atoms in total. The van der Waals surface area contributed by atoms with E-state index in [0.717, 1.165) is 31.7 Å². The Balaban J connectivity index is 1.34. The van der Waals surface area contributed by atoms with Gasteiger partial charge in [0.05, 0.1) is 13.2 Å². The van der Waals surface area contributed by atoms with Gasteiger partial charge in [0.15, 0.2) is 0 Å². The number of rotatable bonds is 6. The lowest BCUT2D eigenvalue weighted by molar-refractivity contribution is -0.130. The van der Waals surface area contributed by atoms with E-state index >= 15 is 0 Å². The first-order valence-electron chi connectivity index (χ1n) is 9.60. The van der Waals surface area contributed by atoms with Crippen molar-refractivity contribution in [3.63, 3.8) is 0 Å². The zero-order valence-corrected chi connectivity index (χ0v) is 15.6. The van der Waals surface area contributed by atoms with Crippen LogP contribution in [-0.4, -0.2) is 40.6 Å². The molecule has 0 N–H and O–H groups in total. The second-order valence-electron chi connectivity index (χ2n) is 7.53. The molecule has 2 aromatic rings. The Morgan fingerprint density at radius 1 is 1.23 bits per heavy atom. The van der Waals surface area contributed by atoms with Gasteiger partial charge in [0.2, 0.25) is 5.91 Å². The van der Waals surface area contributed by atoms with Crippen LogP contribution in [0.15, 0.2) is 30.5 Å². The molecule has 2 heterocycles. The molecule has 1 aromatic carbocycles. The van der Waals surface area contributed by atoms with E-state index in [1.807, 2.05) is 35.4 Å². The largest absolute Gasteiger partial charge is 0.497 e. The first-order chi connectivity index (χ1) is 12.7. The first-order valence-corrected chi connectivity index (χ1v) is 9.60. The Labute approximate surface area is 155 Å². The molecule has 1 aliphatic carbocycles. The highest BCUT2D eigenvalue weighted by Crippen LogP contribution is 2.41. The number of likely N-dealkylation sites (tertiary alicyclic amines) is 1. The molecule has 2 fully saturated rings. The van der Waals surface area contributed by atoms with Gasteiger partial charge < -0.3 is 14.2 Å². The van der Waals surface area contributed by atoms with Crippen LogP contribution >= 0.6 is 0 Å². The van der Waals surface area contributed by atoms with Crippen molar-refractivity contribution in [2.75, 3.05) is 20.2 Å². The van der Waals surface area contributed by atoms with Crippen molar-refractivity contribution in [3.05, 3.63) is 47.5 Å². The summed E-state index contributed by atoms with van der Waals surface area (Å²) in [5, 5.41) is 0.